The Morgan fingerprint density at radius 2 is 2.07 bits per heavy atom. The molecule has 0 aliphatic carbocycles. The second kappa shape index (κ2) is 3.89. The molecular formula is C7H6F3IN2O. The maximum atomic E-state index is 12.1. The minimum atomic E-state index is -4.60. The third-order valence-electron chi connectivity index (χ3n) is 1.51. The number of aromatic nitrogens is 1. The van der Waals surface area contributed by atoms with E-state index < -0.39 is 23.7 Å². The first-order valence-corrected chi connectivity index (χ1v) is 4.57. The molecule has 0 bridgehead atoms. The van der Waals surface area contributed by atoms with Gasteiger partial charge in [0.2, 0.25) is 0 Å². The van der Waals surface area contributed by atoms with E-state index in [1.54, 1.807) is 0 Å². The normalized spacial score (nSPS) is 14.1. The highest BCUT2D eigenvalue weighted by atomic mass is 127. The van der Waals surface area contributed by atoms with Gasteiger partial charge in [0.25, 0.3) is 0 Å². The van der Waals surface area contributed by atoms with E-state index >= 15 is 0 Å². The van der Waals surface area contributed by atoms with Crippen molar-refractivity contribution in [3.05, 3.63) is 21.5 Å². The molecule has 1 unspecified atom stereocenters. The lowest BCUT2D eigenvalue weighted by Gasteiger charge is -2.15. The predicted octanol–water partition coefficient (Wildman–Crippen LogP) is 1.95. The van der Waals surface area contributed by atoms with E-state index in [1.807, 2.05) is 22.6 Å². The van der Waals surface area contributed by atoms with Crippen molar-refractivity contribution in [2.75, 3.05) is 0 Å². The highest BCUT2D eigenvalue weighted by Crippen LogP contribution is 2.33. The summed E-state index contributed by atoms with van der Waals surface area (Å²) in [4.78, 5) is 3.44. The van der Waals surface area contributed by atoms with Gasteiger partial charge in [-0.2, -0.15) is 13.2 Å². The van der Waals surface area contributed by atoms with Crippen molar-refractivity contribution in [1.82, 2.24) is 4.98 Å². The highest BCUT2D eigenvalue weighted by Gasteiger charge is 2.40. The summed E-state index contributed by atoms with van der Waals surface area (Å²) in [5.41, 5.74) is 4.32. The summed E-state index contributed by atoms with van der Waals surface area (Å²) >= 11 is 1.82. The summed E-state index contributed by atoms with van der Waals surface area (Å²) in [6.45, 7) is 0. The number of alkyl halides is 3. The van der Waals surface area contributed by atoms with Crippen LogP contribution in [-0.2, 0) is 0 Å². The number of halogens is 4. The molecule has 7 heteroatoms. The summed E-state index contributed by atoms with van der Waals surface area (Å²) in [5, 5.41) is 9.18. The molecule has 0 aliphatic heterocycles. The second-order valence-corrected chi connectivity index (χ2v) is 3.82. The van der Waals surface area contributed by atoms with Crippen LogP contribution in [0.4, 0.5) is 13.2 Å². The molecule has 1 atom stereocenters. The summed E-state index contributed by atoms with van der Waals surface area (Å²) < 4.78 is 37.0. The molecule has 0 aromatic carbocycles. The molecule has 1 aromatic heterocycles. The van der Waals surface area contributed by atoms with Crippen LogP contribution in [0.25, 0.3) is 0 Å². The molecule has 3 N–H and O–H groups in total. The fourth-order valence-corrected chi connectivity index (χ4v) is 1.27. The number of pyridine rings is 1. The Labute approximate surface area is 91.3 Å². The SMILES string of the molecule is NC(c1ncc(I)cc1O)C(F)(F)F. The van der Waals surface area contributed by atoms with Gasteiger partial charge < -0.3 is 10.8 Å². The molecule has 0 spiro atoms. The Morgan fingerprint density at radius 3 is 2.50 bits per heavy atom. The molecule has 0 fully saturated rings. The van der Waals surface area contributed by atoms with Crippen molar-refractivity contribution in [1.29, 1.82) is 0 Å². The predicted molar refractivity (Wildman–Crippen MR) is 51.6 cm³/mol. The third-order valence-corrected chi connectivity index (χ3v) is 2.10. The van der Waals surface area contributed by atoms with Crippen LogP contribution < -0.4 is 5.73 Å². The number of hydrogen-bond acceptors (Lipinski definition) is 3. The molecule has 0 saturated heterocycles. The van der Waals surface area contributed by atoms with E-state index in [-0.39, 0.29) is 0 Å². The number of rotatable bonds is 1. The maximum Gasteiger partial charge on any atom is 0.409 e. The summed E-state index contributed by atoms with van der Waals surface area (Å²) in [7, 11) is 0. The van der Waals surface area contributed by atoms with Crippen molar-refractivity contribution in [2.45, 2.75) is 12.2 Å². The molecular weight excluding hydrogens is 312 g/mol. The van der Waals surface area contributed by atoms with Crippen molar-refractivity contribution in [3.63, 3.8) is 0 Å². The highest BCUT2D eigenvalue weighted by molar-refractivity contribution is 14.1. The van der Waals surface area contributed by atoms with Gasteiger partial charge in [0.1, 0.15) is 17.5 Å². The van der Waals surface area contributed by atoms with Gasteiger partial charge in [-0.15, -0.1) is 0 Å². The molecule has 1 rings (SSSR count). The first-order valence-electron chi connectivity index (χ1n) is 3.49. The molecule has 0 saturated carbocycles. The van der Waals surface area contributed by atoms with Crippen LogP contribution in [0, 0.1) is 3.57 Å². The number of nitrogens with two attached hydrogens (primary N) is 1. The minimum Gasteiger partial charge on any atom is -0.506 e. The zero-order valence-corrected chi connectivity index (χ0v) is 8.87. The van der Waals surface area contributed by atoms with Gasteiger partial charge in [0, 0.05) is 9.77 Å². The summed E-state index contributed by atoms with van der Waals surface area (Å²) in [5.74, 6) is -0.540. The zero-order chi connectivity index (χ0) is 10.9. The van der Waals surface area contributed by atoms with E-state index in [9.17, 15) is 18.3 Å². The zero-order valence-electron chi connectivity index (χ0n) is 6.72. The van der Waals surface area contributed by atoms with Crippen molar-refractivity contribution < 1.29 is 18.3 Å². The van der Waals surface area contributed by atoms with Gasteiger partial charge in [0.05, 0.1) is 0 Å². The van der Waals surface area contributed by atoms with E-state index in [2.05, 4.69) is 4.98 Å². The van der Waals surface area contributed by atoms with Gasteiger partial charge in [-0.05, 0) is 28.7 Å². The minimum absolute atomic E-state index is 0.540. The van der Waals surface area contributed by atoms with Crippen molar-refractivity contribution >= 4 is 22.6 Å². The molecule has 0 aliphatic rings. The van der Waals surface area contributed by atoms with E-state index in [1.165, 1.54) is 12.3 Å². The monoisotopic (exact) mass is 318 g/mol. The van der Waals surface area contributed by atoms with Crippen LogP contribution >= 0.6 is 22.6 Å². The molecule has 0 amide bonds. The van der Waals surface area contributed by atoms with Crippen molar-refractivity contribution in [2.24, 2.45) is 5.73 Å². The first kappa shape index (κ1) is 11.5. The van der Waals surface area contributed by atoms with Crippen LogP contribution in [0.15, 0.2) is 12.3 Å². The smallest absolute Gasteiger partial charge is 0.409 e. The summed E-state index contributed by atoms with van der Waals surface area (Å²) in [6, 6.07) is -1.08. The standard InChI is InChI=1S/C7H6F3IN2O/c8-7(9,10)6(12)5-4(14)1-3(11)2-13-5/h1-2,6,14H,12H2. The molecule has 0 radical (unpaired) electrons. The van der Waals surface area contributed by atoms with Crippen LogP contribution in [0.2, 0.25) is 0 Å². The molecule has 1 aromatic rings. The van der Waals surface area contributed by atoms with Crippen LogP contribution in [0.3, 0.4) is 0 Å². The van der Waals surface area contributed by atoms with Crippen molar-refractivity contribution in [3.8, 4) is 5.75 Å². The van der Waals surface area contributed by atoms with Gasteiger partial charge in [-0.3, -0.25) is 4.98 Å². The first-order chi connectivity index (χ1) is 6.32. The lowest BCUT2D eigenvalue weighted by Crippen LogP contribution is -2.29. The van der Waals surface area contributed by atoms with E-state index in [0.29, 0.717) is 3.57 Å². The fourth-order valence-electron chi connectivity index (χ4n) is 0.834. The lowest BCUT2D eigenvalue weighted by molar-refractivity contribution is -0.150. The average Bonchev–Trinajstić information content (AvgIpc) is 2.01. The number of nitrogens with zero attached hydrogens (tertiary/aromatic N) is 1. The second-order valence-electron chi connectivity index (χ2n) is 2.58. The summed E-state index contributed by atoms with van der Waals surface area (Å²) in [6.07, 6.45) is -3.39. The van der Waals surface area contributed by atoms with Gasteiger partial charge in [-0.25, -0.2) is 0 Å². The Hall–Kier alpha value is -0.570. The Kier molecular flexibility index (Phi) is 3.20. The Bertz CT molecular complexity index is 342. The van der Waals surface area contributed by atoms with E-state index in [0.717, 1.165) is 0 Å². The number of aromatic hydroxyl groups is 1. The van der Waals surface area contributed by atoms with Crippen LogP contribution in [0.5, 0.6) is 5.75 Å². The molecule has 14 heavy (non-hydrogen) atoms. The quantitative estimate of drug-likeness (QED) is 0.778. The lowest BCUT2D eigenvalue weighted by atomic mass is 10.2. The Balaban J connectivity index is 3.08. The fraction of sp³-hybridized carbons (Fsp3) is 0.286. The molecule has 3 nitrogen and oxygen atoms in total. The Morgan fingerprint density at radius 1 is 1.50 bits per heavy atom. The van der Waals surface area contributed by atoms with Gasteiger partial charge in [-0.1, -0.05) is 0 Å². The van der Waals surface area contributed by atoms with Crippen LogP contribution in [0.1, 0.15) is 11.7 Å². The maximum absolute atomic E-state index is 12.1. The topological polar surface area (TPSA) is 59.1 Å². The largest absolute Gasteiger partial charge is 0.506 e. The van der Waals surface area contributed by atoms with E-state index in [4.69, 9.17) is 5.73 Å². The third kappa shape index (κ3) is 2.47. The number of hydrogen-bond donors (Lipinski definition) is 2. The van der Waals surface area contributed by atoms with Gasteiger partial charge >= 0.3 is 6.18 Å². The molecule has 78 valence electrons. The average molecular weight is 318 g/mol. The van der Waals surface area contributed by atoms with Crippen LogP contribution in [-0.4, -0.2) is 16.3 Å². The molecule has 1 heterocycles. The van der Waals surface area contributed by atoms with Gasteiger partial charge in [0.15, 0.2) is 0 Å².